The van der Waals surface area contributed by atoms with Gasteiger partial charge in [-0.1, -0.05) is 44.4 Å². The van der Waals surface area contributed by atoms with E-state index in [0.717, 1.165) is 31.2 Å². The summed E-state index contributed by atoms with van der Waals surface area (Å²) in [4.78, 5) is 11.8. The Labute approximate surface area is 205 Å². The summed E-state index contributed by atoms with van der Waals surface area (Å²) >= 11 is 5.79. The molecular weight excluding hydrogens is 483 g/mol. The standard InChI is InChI=1S/C22H37N2O6PS2/c1-6-9-10-11-15-24(31(32,28-7-2)29-8-3)33(27)20(23-21(25)26)18-14-12-13-17-16-22(4,5)30-19(17)18/h12-14,20,23H,6-11,15-16H2,1-5H3,(H,25,26). The summed E-state index contributed by atoms with van der Waals surface area (Å²) < 4.78 is 33.5. The van der Waals surface area contributed by atoms with Crippen LogP contribution in [0.15, 0.2) is 18.2 Å². The summed E-state index contributed by atoms with van der Waals surface area (Å²) in [5.74, 6) is 0.571. The van der Waals surface area contributed by atoms with E-state index in [1.54, 1.807) is 10.1 Å². The largest absolute Gasteiger partial charge is 0.487 e. The van der Waals surface area contributed by atoms with Crippen molar-refractivity contribution in [2.45, 2.75) is 77.7 Å². The van der Waals surface area contributed by atoms with Gasteiger partial charge in [-0.25, -0.2) is 9.00 Å². The number of nitrogens with one attached hydrogen (secondary N) is 1. The number of amides is 1. The Hall–Kier alpha value is -1.03. The first kappa shape index (κ1) is 28.2. The zero-order valence-electron chi connectivity index (χ0n) is 20.2. The highest BCUT2D eigenvalue weighted by molar-refractivity contribution is 8.12. The lowest BCUT2D eigenvalue weighted by Crippen LogP contribution is -2.38. The van der Waals surface area contributed by atoms with Crippen molar-refractivity contribution in [3.63, 3.8) is 0 Å². The SMILES string of the molecule is CCCCCCN(S(=O)C(NC(=O)O)c1cccc2c1OC(C)(C)C2)P(=S)(OCC)OCC. The van der Waals surface area contributed by atoms with Crippen LogP contribution >= 0.6 is 6.64 Å². The van der Waals surface area contributed by atoms with Gasteiger partial charge in [-0.05, 0) is 51.5 Å². The van der Waals surface area contributed by atoms with Crippen molar-refractivity contribution < 1.29 is 27.9 Å². The zero-order valence-corrected chi connectivity index (χ0v) is 22.7. The Bertz CT molecular complexity index is 872. The number of ether oxygens (including phenoxy) is 1. The summed E-state index contributed by atoms with van der Waals surface area (Å²) in [5.41, 5.74) is 1.04. The van der Waals surface area contributed by atoms with E-state index in [4.69, 9.17) is 25.6 Å². The van der Waals surface area contributed by atoms with E-state index in [1.807, 2.05) is 39.8 Å². The lowest BCUT2D eigenvalue weighted by atomic mass is 10.0. The Morgan fingerprint density at radius 2 is 1.94 bits per heavy atom. The maximum absolute atomic E-state index is 14.1. The Morgan fingerprint density at radius 3 is 2.52 bits per heavy atom. The first-order valence-corrected chi connectivity index (χ1v) is 15.2. The van der Waals surface area contributed by atoms with Crippen molar-refractivity contribution in [2.24, 2.45) is 0 Å². The van der Waals surface area contributed by atoms with Crippen molar-refractivity contribution in [3.8, 4) is 5.75 Å². The minimum Gasteiger partial charge on any atom is -0.487 e. The van der Waals surface area contributed by atoms with Gasteiger partial charge in [0, 0.05) is 18.5 Å². The lowest BCUT2D eigenvalue weighted by Gasteiger charge is -2.34. The molecule has 0 saturated heterocycles. The molecule has 0 aromatic heterocycles. The van der Waals surface area contributed by atoms with Crippen LogP contribution in [0.4, 0.5) is 4.79 Å². The van der Waals surface area contributed by atoms with Crippen LogP contribution in [-0.4, -0.2) is 44.8 Å². The second kappa shape index (κ2) is 12.6. The average Bonchev–Trinajstić information content (AvgIpc) is 3.05. The van der Waals surface area contributed by atoms with Gasteiger partial charge in [0.05, 0.1) is 13.2 Å². The van der Waals surface area contributed by atoms with Gasteiger partial charge >= 0.3 is 6.09 Å². The Balaban J connectivity index is 2.50. The molecule has 2 N–H and O–H groups in total. The van der Waals surface area contributed by atoms with Crippen LogP contribution in [0.5, 0.6) is 5.75 Å². The quantitative estimate of drug-likeness (QED) is 0.247. The van der Waals surface area contributed by atoms with Crippen LogP contribution in [0.2, 0.25) is 0 Å². The van der Waals surface area contributed by atoms with Gasteiger partial charge in [0.2, 0.25) is 0 Å². The number of carbonyl (C=O) groups is 1. The normalized spacial score (nSPS) is 16.8. The molecule has 8 nitrogen and oxygen atoms in total. The van der Waals surface area contributed by atoms with Crippen molar-refractivity contribution in [2.75, 3.05) is 19.8 Å². The molecule has 1 amide bonds. The number of fused-ring (bicyclic) bond motifs is 1. The molecule has 0 spiro atoms. The smallest absolute Gasteiger partial charge is 0.405 e. The molecule has 2 rings (SSSR count). The topological polar surface area (TPSA) is 97.3 Å². The van der Waals surface area contributed by atoms with Crippen molar-refractivity contribution >= 4 is 35.5 Å². The number of hydrogen-bond acceptors (Lipinski definition) is 6. The van der Waals surface area contributed by atoms with Crippen molar-refractivity contribution in [3.05, 3.63) is 29.3 Å². The van der Waals surface area contributed by atoms with E-state index in [-0.39, 0.29) is 0 Å². The minimum atomic E-state index is -3.10. The molecule has 0 fully saturated rings. The van der Waals surface area contributed by atoms with E-state index in [1.165, 1.54) is 0 Å². The van der Waals surface area contributed by atoms with E-state index in [0.29, 0.717) is 37.5 Å². The predicted octanol–water partition coefficient (Wildman–Crippen LogP) is 5.51. The number of unbranched alkanes of at least 4 members (excludes halogenated alkanes) is 3. The number of benzene rings is 1. The summed E-state index contributed by atoms with van der Waals surface area (Å²) in [6, 6.07) is 5.53. The third-order valence-corrected chi connectivity index (χ3v) is 11.1. The third-order valence-electron chi connectivity index (χ3n) is 5.13. The highest BCUT2D eigenvalue weighted by Crippen LogP contribution is 2.55. The number of nitrogens with zero attached hydrogens (tertiary/aromatic N) is 1. The van der Waals surface area contributed by atoms with Crippen molar-refractivity contribution in [1.29, 1.82) is 0 Å². The maximum Gasteiger partial charge on any atom is 0.405 e. The van der Waals surface area contributed by atoms with E-state index in [9.17, 15) is 14.1 Å². The van der Waals surface area contributed by atoms with Crippen LogP contribution in [-0.2, 0) is 38.3 Å². The van der Waals surface area contributed by atoms with Crippen LogP contribution in [0.3, 0.4) is 0 Å². The Kier molecular flexibility index (Phi) is 10.8. The van der Waals surface area contributed by atoms with Crippen LogP contribution in [0.1, 0.15) is 76.8 Å². The molecular formula is C22H37N2O6PS2. The molecule has 2 unspecified atom stereocenters. The molecule has 1 aliphatic rings. The van der Waals surface area contributed by atoms with Gasteiger partial charge in [-0.3, -0.25) is 0 Å². The molecule has 0 aliphatic carbocycles. The van der Waals surface area contributed by atoms with Gasteiger partial charge in [-0.2, -0.15) is 0 Å². The fourth-order valence-corrected chi connectivity index (χ4v) is 9.14. The zero-order chi connectivity index (χ0) is 24.6. The molecule has 0 saturated carbocycles. The fraction of sp³-hybridized carbons (Fsp3) is 0.682. The average molecular weight is 521 g/mol. The second-order valence-corrected chi connectivity index (χ2v) is 13.5. The lowest BCUT2D eigenvalue weighted by molar-refractivity contribution is 0.137. The molecule has 2 atom stereocenters. The van der Waals surface area contributed by atoms with Gasteiger partial charge in [0.25, 0.3) is 6.64 Å². The monoisotopic (exact) mass is 520 g/mol. The summed E-state index contributed by atoms with van der Waals surface area (Å²) in [6.45, 7) is 7.55. The van der Waals surface area contributed by atoms with E-state index < -0.39 is 34.7 Å². The van der Waals surface area contributed by atoms with Crippen molar-refractivity contribution in [1.82, 2.24) is 9.39 Å². The fourth-order valence-electron chi connectivity index (χ4n) is 3.79. The van der Waals surface area contributed by atoms with Gasteiger partial charge < -0.3 is 24.2 Å². The highest BCUT2D eigenvalue weighted by Gasteiger charge is 2.40. The van der Waals surface area contributed by atoms with Gasteiger partial charge in [0.1, 0.15) is 22.3 Å². The molecule has 0 bridgehead atoms. The second-order valence-electron chi connectivity index (χ2n) is 8.42. The number of hydrogen-bond donors (Lipinski definition) is 2. The molecule has 33 heavy (non-hydrogen) atoms. The first-order valence-electron chi connectivity index (χ1n) is 11.5. The number of rotatable bonds is 14. The van der Waals surface area contributed by atoms with Crippen LogP contribution < -0.4 is 10.1 Å². The van der Waals surface area contributed by atoms with Crippen LogP contribution in [0.25, 0.3) is 0 Å². The van der Waals surface area contributed by atoms with Gasteiger partial charge in [-0.15, -0.1) is 4.08 Å². The molecule has 0 radical (unpaired) electrons. The summed E-state index contributed by atoms with van der Waals surface area (Å²) in [7, 11) is -1.91. The van der Waals surface area contributed by atoms with E-state index in [2.05, 4.69) is 12.2 Å². The molecule has 1 aliphatic heterocycles. The summed E-state index contributed by atoms with van der Waals surface area (Å²) in [5, 5.41) is 11.0. The Morgan fingerprint density at radius 1 is 1.27 bits per heavy atom. The first-order chi connectivity index (χ1) is 15.6. The molecule has 1 aromatic carbocycles. The number of para-hydroxylation sites is 1. The molecule has 188 valence electrons. The summed E-state index contributed by atoms with van der Waals surface area (Å²) in [6.07, 6.45) is 3.18. The van der Waals surface area contributed by atoms with E-state index >= 15 is 0 Å². The van der Waals surface area contributed by atoms with Gasteiger partial charge in [0.15, 0.2) is 5.37 Å². The maximum atomic E-state index is 14.1. The molecule has 1 aromatic rings. The highest BCUT2D eigenvalue weighted by atomic mass is 32.5. The number of carboxylic acid groups (broad SMARTS) is 1. The van der Waals surface area contributed by atoms with Crippen LogP contribution in [0, 0.1) is 0 Å². The predicted molar refractivity (Wildman–Crippen MR) is 135 cm³/mol. The molecule has 11 heteroatoms. The third kappa shape index (κ3) is 7.47. The molecule has 1 heterocycles. The minimum absolute atomic E-state index is 0.301.